The Kier molecular flexibility index (Phi) is 6.04. The highest BCUT2D eigenvalue weighted by atomic mass is 35.5. The van der Waals surface area contributed by atoms with Crippen molar-refractivity contribution in [1.29, 1.82) is 0 Å². The number of hydrogen-bond donors (Lipinski definition) is 2. The fourth-order valence-corrected chi connectivity index (χ4v) is 2.89. The van der Waals surface area contributed by atoms with Crippen LogP contribution in [0.25, 0.3) is 6.08 Å². The van der Waals surface area contributed by atoms with Gasteiger partial charge in [0.05, 0.1) is 17.6 Å². The van der Waals surface area contributed by atoms with E-state index in [-0.39, 0.29) is 22.9 Å². The molecule has 3 rings (SSSR count). The van der Waals surface area contributed by atoms with Crippen molar-refractivity contribution in [2.45, 2.75) is 13.5 Å². The van der Waals surface area contributed by atoms with Crippen molar-refractivity contribution in [3.63, 3.8) is 0 Å². The molecule has 0 aliphatic carbocycles. The van der Waals surface area contributed by atoms with Gasteiger partial charge in [-0.25, -0.2) is 4.79 Å². The Morgan fingerprint density at radius 2 is 1.86 bits per heavy atom. The molecule has 0 unspecified atom stereocenters. The van der Waals surface area contributed by atoms with E-state index in [0.29, 0.717) is 23.7 Å². The van der Waals surface area contributed by atoms with Crippen LogP contribution in [0.15, 0.2) is 42.1 Å². The van der Waals surface area contributed by atoms with Crippen LogP contribution in [0.3, 0.4) is 0 Å². The number of imide groups is 1. The Morgan fingerprint density at radius 3 is 2.45 bits per heavy atom. The molecule has 150 valence electrons. The number of benzene rings is 2. The zero-order chi connectivity index (χ0) is 21.0. The molecule has 0 spiro atoms. The van der Waals surface area contributed by atoms with Gasteiger partial charge in [-0.15, -0.1) is 0 Å². The summed E-state index contributed by atoms with van der Waals surface area (Å²) < 4.78 is 11.4. The average molecular weight is 416 g/mol. The molecule has 9 heteroatoms. The summed E-state index contributed by atoms with van der Waals surface area (Å²) in [5, 5.41) is 15.6. The van der Waals surface area contributed by atoms with Gasteiger partial charge in [-0.1, -0.05) is 35.9 Å². The molecular formula is C20H16ClN2O6-. The van der Waals surface area contributed by atoms with E-state index < -0.39 is 17.9 Å². The van der Waals surface area contributed by atoms with Crippen LogP contribution in [0.2, 0.25) is 5.02 Å². The molecule has 1 aliphatic rings. The molecule has 3 amide bonds. The molecule has 2 aromatic rings. The number of aromatic carboxylic acids is 1. The van der Waals surface area contributed by atoms with Gasteiger partial charge in [-0.2, -0.15) is 0 Å². The van der Waals surface area contributed by atoms with E-state index in [1.165, 1.54) is 18.2 Å². The minimum Gasteiger partial charge on any atom is -0.545 e. The lowest BCUT2D eigenvalue weighted by Gasteiger charge is -2.15. The molecule has 0 bridgehead atoms. The lowest BCUT2D eigenvalue weighted by atomic mass is 10.1. The van der Waals surface area contributed by atoms with Crippen LogP contribution in [-0.4, -0.2) is 24.5 Å². The first kappa shape index (κ1) is 20.2. The quantitative estimate of drug-likeness (QED) is 0.526. The summed E-state index contributed by atoms with van der Waals surface area (Å²) in [5.41, 5.74) is 1.43. The first-order valence-corrected chi connectivity index (χ1v) is 8.98. The number of urea groups is 1. The van der Waals surface area contributed by atoms with Crippen LogP contribution in [0.5, 0.6) is 11.5 Å². The van der Waals surface area contributed by atoms with Gasteiger partial charge in [0.1, 0.15) is 12.3 Å². The molecule has 0 radical (unpaired) electrons. The van der Waals surface area contributed by atoms with Gasteiger partial charge in [0, 0.05) is 0 Å². The maximum absolute atomic E-state index is 11.7. The minimum absolute atomic E-state index is 0.0715. The Morgan fingerprint density at radius 1 is 1.14 bits per heavy atom. The molecule has 1 aliphatic heterocycles. The van der Waals surface area contributed by atoms with Gasteiger partial charge in [0.2, 0.25) is 0 Å². The molecule has 0 aromatic heterocycles. The van der Waals surface area contributed by atoms with Gasteiger partial charge < -0.3 is 24.7 Å². The van der Waals surface area contributed by atoms with E-state index in [2.05, 4.69) is 10.6 Å². The highest BCUT2D eigenvalue weighted by Gasteiger charge is 2.23. The lowest BCUT2D eigenvalue weighted by molar-refractivity contribution is -0.255. The van der Waals surface area contributed by atoms with Crippen molar-refractivity contribution in [3.05, 3.63) is 63.8 Å². The predicted molar refractivity (Wildman–Crippen MR) is 102 cm³/mol. The predicted octanol–water partition coefficient (Wildman–Crippen LogP) is 1.86. The molecule has 29 heavy (non-hydrogen) atoms. The van der Waals surface area contributed by atoms with E-state index in [9.17, 15) is 19.5 Å². The number of nitrogens with one attached hydrogen (secondary N) is 2. The number of carboxylic acids is 1. The second kappa shape index (κ2) is 8.66. The molecule has 0 saturated carbocycles. The van der Waals surface area contributed by atoms with Crippen LogP contribution in [0.1, 0.15) is 28.4 Å². The molecule has 2 aromatic carbocycles. The Balaban J connectivity index is 1.82. The largest absolute Gasteiger partial charge is 0.545 e. The number of rotatable bonds is 7. The summed E-state index contributed by atoms with van der Waals surface area (Å²) in [6.07, 6.45) is 1.47. The maximum Gasteiger partial charge on any atom is 0.326 e. The van der Waals surface area contributed by atoms with Gasteiger partial charge in [-0.3, -0.25) is 10.1 Å². The van der Waals surface area contributed by atoms with E-state index in [1.807, 2.05) is 0 Å². The summed E-state index contributed by atoms with van der Waals surface area (Å²) in [5.74, 6) is -1.12. The number of carboxylic acid groups (broad SMARTS) is 1. The summed E-state index contributed by atoms with van der Waals surface area (Å²) in [6, 6.07) is 8.68. The van der Waals surface area contributed by atoms with Crippen molar-refractivity contribution >= 4 is 35.6 Å². The second-order valence-electron chi connectivity index (χ2n) is 6.00. The number of amides is 3. The molecular weight excluding hydrogens is 400 g/mol. The number of carbonyl (C=O) groups is 3. The van der Waals surface area contributed by atoms with E-state index in [1.54, 1.807) is 31.2 Å². The van der Waals surface area contributed by atoms with Crippen molar-refractivity contribution in [1.82, 2.24) is 10.6 Å². The highest BCUT2D eigenvalue weighted by molar-refractivity contribution is 6.32. The smallest absolute Gasteiger partial charge is 0.326 e. The third kappa shape index (κ3) is 4.85. The van der Waals surface area contributed by atoms with Crippen molar-refractivity contribution < 1.29 is 29.0 Å². The van der Waals surface area contributed by atoms with Crippen LogP contribution >= 0.6 is 11.6 Å². The van der Waals surface area contributed by atoms with Gasteiger partial charge in [0.25, 0.3) is 5.91 Å². The summed E-state index contributed by atoms with van der Waals surface area (Å²) in [6.45, 7) is 2.28. The fraction of sp³-hybridized carbons (Fsp3) is 0.150. The number of halogens is 1. The topological polar surface area (TPSA) is 117 Å². The summed E-state index contributed by atoms with van der Waals surface area (Å²) in [7, 11) is 0. The molecule has 0 atom stereocenters. The third-order valence-electron chi connectivity index (χ3n) is 3.94. The molecule has 1 fully saturated rings. The SMILES string of the molecule is CCOc1cc(/C=C2\NC(=O)NC2=O)cc(Cl)c1OCc1ccc(C(=O)[O-])cc1. The van der Waals surface area contributed by atoms with Gasteiger partial charge in [0.15, 0.2) is 11.5 Å². The molecule has 1 saturated heterocycles. The van der Waals surface area contributed by atoms with E-state index in [4.69, 9.17) is 21.1 Å². The number of carbonyl (C=O) groups excluding carboxylic acids is 3. The molecule has 2 N–H and O–H groups in total. The van der Waals surface area contributed by atoms with E-state index in [0.717, 1.165) is 5.56 Å². The first-order chi connectivity index (χ1) is 13.9. The van der Waals surface area contributed by atoms with Crippen LogP contribution < -0.4 is 25.2 Å². The van der Waals surface area contributed by atoms with Gasteiger partial charge >= 0.3 is 6.03 Å². The van der Waals surface area contributed by atoms with Crippen LogP contribution in [0, 0.1) is 0 Å². The van der Waals surface area contributed by atoms with Crippen molar-refractivity contribution in [2.75, 3.05) is 6.61 Å². The Hall–Kier alpha value is -3.52. The first-order valence-electron chi connectivity index (χ1n) is 8.61. The molecule has 1 heterocycles. The number of ether oxygens (including phenoxy) is 2. The average Bonchev–Trinajstić information content (AvgIpc) is 2.98. The normalized spacial score (nSPS) is 14.5. The fourth-order valence-electron chi connectivity index (χ4n) is 2.62. The lowest BCUT2D eigenvalue weighted by Crippen LogP contribution is -2.22. The van der Waals surface area contributed by atoms with Crippen LogP contribution in [-0.2, 0) is 11.4 Å². The van der Waals surface area contributed by atoms with E-state index >= 15 is 0 Å². The van der Waals surface area contributed by atoms with Crippen molar-refractivity contribution in [3.8, 4) is 11.5 Å². The monoisotopic (exact) mass is 415 g/mol. The zero-order valence-electron chi connectivity index (χ0n) is 15.3. The zero-order valence-corrected chi connectivity index (χ0v) is 16.0. The standard InChI is InChI=1S/C20H17ClN2O6/c1-2-28-16-9-12(8-15-18(24)23-20(27)22-15)7-14(21)17(16)29-10-11-3-5-13(6-4-11)19(25)26/h3-9H,2,10H2,1H3,(H,25,26)(H2,22,23,24,27)/p-1/b15-8-. The second-order valence-corrected chi connectivity index (χ2v) is 6.41. The third-order valence-corrected chi connectivity index (χ3v) is 4.22. The highest BCUT2D eigenvalue weighted by Crippen LogP contribution is 2.38. The van der Waals surface area contributed by atoms with Crippen molar-refractivity contribution in [2.24, 2.45) is 0 Å². The summed E-state index contributed by atoms with van der Waals surface area (Å²) in [4.78, 5) is 33.7. The maximum atomic E-state index is 11.7. The van der Waals surface area contributed by atoms with Gasteiger partial charge in [-0.05, 0) is 41.8 Å². The number of hydrogen-bond acceptors (Lipinski definition) is 6. The minimum atomic E-state index is -1.25. The Labute approximate surface area is 171 Å². The van der Waals surface area contributed by atoms with Crippen LogP contribution in [0.4, 0.5) is 4.79 Å². The Bertz CT molecular complexity index is 1000. The summed E-state index contributed by atoms with van der Waals surface area (Å²) >= 11 is 6.35. The molecule has 8 nitrogen and oxygen atoms in total.